The first-order chi connectivity index (χ1) is 17.7. The van der Waals surface area contributed by atoms with Crippen molar-refractivity contribution in [2.75, 3.05) is 12.3 Å². The Hall–Kier alpha value is -2.47. The molecule has 0 saturated heterocycles. The molecular formula is C30H34Cl2N2O2S. The van der Waals surface area contributed by atoms with Gasteiger partial charge in [0.1, 0.15) is 6.04 Å². The number of thioether (sulfide) groups is 1. The SMILES string of the molecule is Cc1ccc(CSCC(=O)N(Cc2c(Cl)cccc2Cl)[C@@H](Cc2ccccc2)C(=O)NCC(C)C)cc1. The molecule has 0 aliphatic carbocycles. The second kappa shape index (κ2) is 14.5. The molecule has 0 aliphatic rings. The highest BCUT2D eigenvalue weighted by Gasteiger charge is 2.31. The molecule has 3 aromatic carbocycles. The van der Waals surface area contributed by atoms with Gasteiger partial charge in [0.15, 0.2) is 0 Å². The van der Waals surface area contributed by atoms with Crippen LogP contribution in [-0.2, 0) is 28.3 Å². The molecule has 0 aliphatic heterocycles. The molecule has 3 aromatic rings. The summed E-state index contributed by atoms with van der Waals surface area (Å²) in [6.07, 6.45) is 0.390. The molecule has 1 atom stereocenters. The zero-order chi connectivity index (χ0) is 26.8. The van der Waals surface area contributed by atoms with E-state index in [1.54, 1.807) is 23.1 Å². The van der Waals surface area contributed by atoms with Gasteiger partial charge in [-0.2, -0.15) is 0 Å². The average molecular weight is 558 g/mol. The first-order valence-electron chi connectivity index (χ1n) is 12.4. The quantitative estimate of drug-likeness (QED) is 0.262. The molecule has 196 valence electrons. The first-order valence-corrected chi connectivity index (χ1v) is 14.3. The van der Waals surface area contributed by atoms with Gasteiger partial charge in [-0.25, -0.2) is 0 Å². The zero-order valence-electron chi connectivity index (χ0n) is 21.5. The topological polar surface area (TPSA) is 49.4 Å². The van der Waals surface area contributed by atoms with Crippen LogP contribution < -0.4 is 5.32 Å². The smallest absolute Gasteiger partial charge is 0.243 e. The largest absolute Gasteiger partial charge is 0.354 e. The number of aryl methyl sites for hydroxylation is 1. The number of carbonyl (C=O) groups is 2. The summed E-state index contributed by atoms with van der Waals surface area (Å²) in [7, 11) is 0. The van der Waals surface area contributed by atoms with Crippen LogP contribution in [-0.4, -0.2) is 35.1 Å². The van der Waals surface area contributed by atoms with E-state index in [1.165, 1.54) is 17.3 Å². The maximum Gasteiger partial charge on any atom is 0.243 e. The summed E-state index contributed by atoms with van der Waals surface area (Å²) in [4.78, 5) is 28.9. The van der Waals surface area contributed by atoms with Crippen LogP contribution in [0.3, 0.4) is 0 Å². The second-order valence-corrected chi connectivity index (χ2v) is 11.3. The van der Waals surface area contributed by atoms with E-state index < -0.39 is 6.04 Å². The van der Waals surface area contributed by atoms with Crippen molar-refractivity contribution in [1.82, 2.24) is 10.2 Å². The van der Waals surface area contributed by atoms with Crippen LogP contribution in [0.5, 0.6) is 0 Å². The van der Waals surface area contributed by atoms with E-state index in [0.717, 1.165) is 11.1 Å². The zero-order valence-corrected chi connectivity index (χ0v) is 23.9. The maximum atomic E-state index is 13.7. The Morgan fingerprint density at radius 1 is 0.892 bits per heavy atom. The average Bonchev–Trinajstić information content (AvgIpc) is 2.88. The van der Waals surface area contributed by atoms with Gasteiger partial charge >= 0.3 is 0 Å². The molecule has 0 unspecified atom stereocenters. The Balaban J connectivity index is 1.88. The Kier molecular flexibility index (Phi) is 11.4. The summed E-state index contributed by atoms with van der Waals surface area (Å²) in [6.45, 7) is 6.81. The molecule has 2 amide bonds. The summed E-state index contributed by atoms with van der Waals surface area (Å²) in [6, 6.07) is 22.6. The van der Waals surface area contributed by atoms with Crippen LogP contribution in [0.15, 0.2) is 72.8 Å². The van der Waals surface area contributed by atoms with Gasteiger partial charge in [-0.1, -0.05) is 103 Å². The highest BCUT2D eigenvalue weighted by molar-refractivity contribution is 7.99. The van der Waals surface area contributed by atoms with E-state index in [2.05, 4.69) is 36.5 Å². The molecule has 0 bridgehead atoms. The number of amides is 2. The number of nitrogens with one attached hydrogen (secondary N) is 1. The summed E-state index contributed by atoms with van der Waals surface area (Å²) < 4.78 is 0. The molecule has 1 N–H and O–H groups in total. The van der Waals surface area contributed by atoms with E-state index in [9.17, 15) is 9.59 Å². The third kappa shape index (κ3) is 9.10. The fraction of sp³-hybridized carbons (Fsp3) is 0.333. The normalized spacial score (nSPS) is 11.8. The molecule has 7 heteroatoms. The predicted molar refractivity (Wildman–Crippen MR) is 156 cm³/mol. The van der Waals surface area contributed by atoms with Gasteiger partial charge in [0.2, 0.25) is 11.8 Å². The highest BCUT2D eigenvalue weighted by Crippen LogP contribution is 2.28. The molecule has 0 fully saturated rings. The molecule has 0 aromatic heterocycles. The lowest BCUT2D eigenvalue weighted by Crippen LogP contribution is -2.51. The lowest BCUT2D eigenvalue weighted by atomic mass is 10.0. The number of carbonyl (C=O) groups excluding carboxylic acids is 2. The Morgan fingerprint density at radius 3 is 2.16 bits per heavy atom. The van der Waals surface area contributed by atoms with Crippen molar-refractivity contribution in [3.63, 3.8) is 0 Å². The van der Waals surface area contributed by atoms with Crippen molar-refractivity contribution in [2.45, 2.75) is 45.5 Å². The summed E-state index contributed by atoms with van der Waals surface area (Å²) >= 11 is 14.5. The molecule has 0 heterocycles. The van der Waals surface area contributed by atoms with Gasteiger partial charge in [-0.15, -0.1) is 11.8 Å². The number of benzene rings is 3. The van der Waals surface area contributed by atoms with Crippen molar-refractivity contribution in [3.8, 4) is 0 Å². The van der Waals surface area contributed by atoms with Crippen molar-refractivity contribution >= 4 is 46.8 Å². The van der Waals surface area contributed by atoms with Crippen LogP contribution in [0, 0.1) is 12.8 Å². The van der Waals surface area contributed by atoms with Gasteiger partial charge in [0.25, 0.3) is 0 Å². The Labute approximate surface area is 234 Å². The summed E-state index contributed by atoms with van der Waals surface area (Å²) in [5.74, 6) is 0.911. The maximum absolute atomic E-state index is 13.7. The minimum Gasteiger partial charge on any atom is -0.354 e. The lowest BCUT2D eigenvalue weighted by Gasteiger charge is -2.32. The summed E-state index contributed by atoms with van der Waals surface area (Å²) in [5.41, 5.74) is 3.96. The van der Waals surface area contributed by atoms with E-state index in [4.69, 9.17) is 23.2 Å². The highest BCUT2D eigenvalue weighted by atomic mass is 35.5. The second-order valence-electron chi connectivity index (χ2n) is 9.54. The molecule has 37 heavy (non-hydrogen) atoms. The van der Waals surface area contributed by atoms with E-state index >= 15 is 0 Å². The van der Waals surface area contributed by atoms with Gasteiger partial charge in [-0.3, -0.25) is 9.59 Å². The van der Waals surface area contributed by atoms with Crippen LogP contribution in [0.1, 0.15) is 36.1 Å². The van der Waals surface area contributed by atoms with E-state index in [0.29, 0.717) is 34.3 Å². The van der Waals surface area contributed by atoms with Crippen molar-refractivity contribution in [2.24, 2.45) is 5.92 Å². The number of halogens is 2. The number of hydrogen-bond donors (Lipinski definition) is 1. The van der Waals surface area contributed by atoms with E-state index in [1.807, 2.05) is 44.2 Å². The standard InChI is InChI=1S/C30H34Cl2N2O2S/c1-21(2)17-33-30(36)28(16-23-8-5-4-6-9-23)34(18-25-26(31)10-7-11-27(25)32)29(35)20-37-19-24-14-12-22(3)13-15-24/h4-15,21,28H,16-20H2,1-3H3,(H,33,36)/t28-/m0/s1. The fourth-order valence-corrected chi connectivity index (χ4v) is 5.24. The fourth-order valence-electron chi connectivity index (χ4n) is 3.85. The molecule has 0 spiro atoms. The summed E-state index contributed by atoms with van der Waals surface area (Å²) in [5, 5.41) is 3.98. The van der Waals surface area contributed by atoms with Crippen LogP contribution in [0.25, 0.3) is 0 Å². The van der Waals surface area contributed by atoms with Crippen molar-refractivity contribution in [1.29, 1.82) is 0 Å². The minimum absolute atomic E-state index is 0.131. The third-order valence-corrected chi connectivity index (χ3v) is 7.66. The van der Waals surface area contributed by atoms with Crippen molar-refractivity contribution in [3.05, 3.63) is 105 Å². The molecule has 0 radical (unpaired) electrons. The number of rotatable bonds is 12. The van der Waals surface area contributed by atoms with Gasteiger partial charge in [-0.05, 0) is 36.1 Å². The molecule has 0 saturated carbocycles. The van der Waals surface area contributed by atoms with E-state index in [-0.39, 0.29) is 30.0 Å². The monoisotopic (exact) mass is 556 g/mol. The third-order valence-electron chi connectivity index (χ3n) is 5.96. The first kappa shape index (κ1) is 29.1. The van der Waals surface area contributed by atoms with Gasteiger partial charge in [0, 0.05) is 40.9 Å². The Morgan fingerprint density at radius 2 is 1.54 bits per heavy atom. The number of hydrogen-bond acceptors (Lipinski definition) is 3. The van der Waals surface area contributed by atoms with Crippen molar-refractivity contribution < 1.29 is 9.59 Å². The minimum atomic E-state index is -0.707. The van der Waals surface area contributed by atoms with Gasteiger partial charge < -0.3 is 10.2 Å². The predicted octanol–water partition coefficient (Wildman–Crippen LogP) is 6.95. The molecule has 3 rings (SSSR count). The molecular weight excluding hydrogens is 523 g/mol. The Bertz CT molecular complexity index is 1150. The lowest BCUT2D eigenvalue weighted by molar-refractivity contribution is -0.139. The van der Waals surface area contributed by atoms with Crippen LogP contribution in [0.2, 0.25) is 10.0 Å². The number of nitrogens with zero attached hydrogens (tertiary/aromatic N) is 1. The molecule has 4 nitrogen and oxygen atoms in total. The van der Waals surface area contributed by atoms with Gasteiger partial charge in [0.05, 0.1) is 5.75 Å². The van der Waals surface area contributed by atoms with Crippen LogP contribution in [0.4, 0.5) is 0 Å². The van der Waals surface area contributed by atoms with Crippen LogP contribution >= 0.6 is 35.0 Å².